The third-order valence-corrected chi connectivity index (χ3v) is 2.76. The third-order valence-electron chi connectivity index (χ3n) is 2.76. The Morgan fingerprint density at radius 3 is 2.82 bits per heavy atom. The Labute approximate surface area is 102 Å². The van der Waals surface area contributed by atoms with Crippen molar-refractivity contribution in [2.75, 3.05) is 6.54 Å². The maximum absolute atomic E-state index is 5.45. The molecular formula is C13H19N3O. The fraction of sp³-hybridized carbons (Fsp3) is 0.462. The van der Waals surface area contributed by atoms with E-state index < -0.39 is 0 Å². The number of hydrogen-bond donors (Lipinski definition) is 2. The second kappa shape index (κ2) is 5.80. The molecule has 3 N–H and O–H groups in total. The van der Waals surface area contributed by atoms with Crippen molar-refractivity contribution < 1.29 is 4.84 Å². The van der Waals surface area contributed by atoms with Crippen molar-refractivity contribution in [1.29, 1.82) is 0 Å². The standard InChI is InChI=1S/C13H19N3O/c1-10-4-6-11(7-5-10)9-12-15-13(17-16-12)3-2-8-14/h4-7,13H,2-3,8-9,14H2,1H3,(H,15,16). The molecule has 1 aliphatic heterocycles. The van der Waals surface area contributed by atoms with Gasteiger partial charge in [0.2, 0.25) is 0 Å². The van der Waals surface area contributed by atoms with Crippen LogP contribution >= 0.6 is 0 Å². The van der Waals surface area contributed by atoms with Crippen LogP contribution in [0.2, 0.25) is 0 Å². The molecule has 0 aromatic heterocycles. The Balaban J connectivity index is 1.89. The second-order valence-corrected chi connectivity index (χ2v) is 4.34. The van der Waals surface area contributed by atoms with E-state index in [1.807, 2.05) is 0 Å². The van der Waals surface area contributed by atoms with Gasteiger partial charge in [-0.25, -0.2) is 9.83 Å². The van der Waals surface area contributed by atoms with Gasteiger partial charge in [0, 0.05) is 6.42 Å². The van der Waals surface area contributed by atoms with Crippen LogP contribution in [-0.2, 0) is 11.3 Å². The van der Waals surface area contributed by atoms with Gasteiger partial charge in [0.05, 0.1) is 0 Å². The van der Waals surface area contributed by atoms with Crippen molar-refractivity contribution in [3.05, 3.63) is 35.4 Å². The van der Waals surface area contributed by atoms with E-state index in [9.17, 15) is 0 Å². The van der Waals surface area contributed by atoms with E-state index in [-0.39, 0.29) is 6.23 Å². The summed E-state index contributed by atoms with van der Waals surface area (Å²) < 4.78 is 0. The molecule has 0 saturated carbocycles. The lowest BCUT2D eigenvalue weighted by Gasteiger charge is -2.03. The first-order chi connectivity index (χ1) is 8.28. The number of nitrogens with two attached hydrogens (primary N) is 1. The molecule has 0 fully saturated rings. The lowest BCUT2D eigenvalue weighted by molar-refractivity contribution is 0.0321. The van der Waals surface area contributed by atoms with Crippen LogP contribution in [0.5, 0.6) is 0 Å². The smallest absolute Gasteiger partial charge is 0.177 e. The van der Waals surface area contributed by atoms with Gasteiger partial charge in [-0.05, 0) is 31.9 Å². The summed E-state index contributed by atoms with van der Waals surface area (Å²) in [5.74, 6) is 0.899. The van der Waals surface area contributed by atoms with Crippen LogP contribution in [0.3, 0.4) is 0 Å². The van der Waals surface area contributed by atoms with Crippen LogP contribution in [0.25, 0.3) is 0 Å². The maximum atomic E-state index is 5.45. The quantitative estimate of drug-likeness (QED) is 0.811. The van der Waals surface area contributed by atoms with Gasteiger partial charge in [-0.15, -0.1) is 0 Å². The van der Waals surface area contributed by atoms with E-state index in [4.69, 9.17) is 10.6 Å². The van der Waals surface area contributed by atoms with Gasteiger partial charge in [0.25, 0.3) is 0 Å². The molecule has 4 heteroatoms. The first-order valence-corrected chi connectivity index (χ1v) is 6.02. The lowest BCUT2D eigenvalue weighted by atomic mass is 10.1. The second-order valence-electron chi connectivity index (χ2n) is 4.34. The summed E-state index contributed by atoms with van der Waals surface area (Å²) in [4.78, 5) is 9.83. The van der Waals surface area contributed by atoms with Crippen molar-refractivity contribution in [3.63, 3.8) is 0 Å². The fourth-order valence-corrected chi connectivity index (χ4v) is 1.76. The molecule has 0 aliphatic carbocycles. The van der Waals surface area contributed by atoms with Gasteiger partial charge in [-0.1, -0.05) is 29.8 Å². The van der Waals surface area contributed by atoms with Gasteiger partial charge >= 0.3 is 0 Å². The zero-order chi connectivity index (χ0) is 12.1. The summed E-state index contributed by atoms with van der Waals surface area (Å²) >= 11 is 0. The summed E-state index contributed by atoms with van der Waals surface area (Å²) in [5, 5.41) is 0. The Kier molecular flexibility index (Phi) is 4.12. The lowest BCUT2D eigenvalue weighted by Crippen LogP contribution is -2.20. The number of aliphatic imine (C=N–C) groups is 1. The van der Waals surface area contributed by atoms with Crippen molar-refractivity contribution in [3.8, 4) is 0 Å². The van der Waals surface area contributed by atoms with E-state index in [2.05, 4.69) is 41.7 Å². The van der Waals surface area contributed by atoms with E-state index >= 15 is 0 Å². The van der Waals surface area contributed by atoms with Crippen molar-refractivity contribution >= 4 is 5.84 Å². The monoisotopic (exact) mass is 233 g/mol. The molecule has 1 atom stereocenters. The maximum Gasteiger partial charge on any atom is 0.177 e. The molecular weight excluding hydrogens is 214 g/mol. The predicted molar refractivity (Wildman–Crippen MR) is 68.6 cm³/mol. The highest BCUT2D eigenvalue weighted by molar-refractivity contribution is 5.84. The average Bonchev–Trinajstić information content (AvgIpc) is 2.77. The highest BCUT2D eigenvalue weighted by Crippen LogP contribution is 2.11. The van der Waals surface area contributed by atoms with Gasteiger partial charge in [-0.2, -0.15) is 0 Å². The molecule has 1 unspecified atom stereocenters. The normalized spacial score (nSPS) is 18.9. The highest BCUT2D eigenvalue weighted by atomic mass is 16.7. The summed E-state index contributed by atoms with van der Waals surface area (Å²) in [6.07, 6.45) is 2.53. The molecule has 0 bridgehead atoms. The van der Waals surface area contributed by atoms with E-state index in [0.717, 1.165) is 25.1 Å². The van der Waals surface area contributed by atoms with Crippen molar-refractivity contribution in [2.45, 2.75) is 32.4 Å². The van der Waals surface area contributed by atoms with Gasteiger partial charge in [0.15, 0.2) is 6.23 Å². The minimum absolute atomic E-state index is 0.0704. The number of rotatable bonds is 5. The van der Waals surface area contributed by atoms with Gasteiger partial charge in [-0.3, -0.25) is 5.48 Å². The number of nitrogens with one attached hydrogen (secondary N) is 1. The summed E-state index contributed by atoms with van der Waals surface area (Å²) in [5.41, 5.74) is 10.9. The first-order valence-electron chi connectivity index (χ1n) is 6.02. The van der Waals surface area contributed by atoms with Crippen molar-refractivity contribution in [2.24, 2.45) is 10.7 Å². The molecule has 17 heavy (non-hydrogen) atoms. The zero-order valence-corrected chi connectivity index (χ0v) is 10.1. The van der Waals surface area contributed by atoms with Crippen LogP contribution in [0, 0.1) is 6.92 Å². The molecule has 1 aromatic rings. The van der Waals surface area contributed by atoms with Crippen LogP contribution in [0.4, 0.5) is 0 Å². The summed E-state index contributed by atoms with van der Waals surface area (Å²) in [6.45, 7) is 2.77. The third kappa shape index (κ3) is 3.54. The van der Waals surface area contributed by atoms with Crippen LogP contribution in [0.15, 0.2) is 29.3 Å². The molecule has 1 heterocycles. The van der Waals surface area contributed by atoms with Crippen LogP contribution < -0.4 is 11.2 Å². The largest absolute Gasteiger partial charge is 0.330 e. The molecule has 1 aromatic carbocycles. The summed E-state index contributed by atoms with van der Waals surface area (Å²) in [6, 6.07) is 8.45. The highest BCUT2D eigenvalue weighted by Gasteiger charge is 2.16. The Bertz CT molecular complexity index is 386. The molecule has 4 nitrogen and oxygen atoms in total. The Morgan fingerprint density at radius 2 is 2.12 bits per heavy atom. The molecule has 2 rings (SSSR count). The predicted octanol–water partition coefficient (Wildman–Crippen LogP) is 1.54. The molecule has 92 valence electrons. The van der Waals surface area contributed by atoms with Gasteiger partial charge in [0.1, 0.15) is 5.84 Å². The van der Waals surface area contributed by atoms with Crippen molar-refractivity contribution in [1.82, 2.24) is 5.48 Å². The van der Waals surface area contributed by atoms with E-state index in [1.165, 1.54) is 11.1 Å². The SMILES string of the molecule is Cc1ccc(CC2=NC(CCCN)ON2)cc1. The molecule has 0 amide bonds. The number of hydrogen-bond acceptors (Lipinski definition) is 4. The zero-order valence-electron chi connectivity index (χ0n) is 10.1. The number of amidine groups is 1. The number of hydroxylamine groups is 1. The number of nitrogens with zero attached hydrogens (tertiary/aromatic N) is 1. The number of benzene rings is 1. The molecule has 0 saturated heterocycles. The van der Waals surface area contributed by atoms with E-state index in [0.29, 0.717) is 6.54 Å². The van der Waals surface area contributed by atoms with E-state index in [1.54, 1.807) is 0 Å². The minimum atomic E-state index is -0.0704. The van der Waals surface area contributed by atoms with Crippen LogP contribution in [-0.4, -0.2) is 18.6 Å². The Hall–Kier alpha value is -1.39. The summed E-state index contributed by atoms with van der Waals surface area (Å²) in [7, 11) is 0. The number of aryl methyl sites for hydroxylation is 1. The molecule has 0 spiro atoms. The fourth-order valence-electron chi connectivity index (χ4n) is 1.76. The molecule has 1 aliphatic rings. The molecule has 0 radical (unpaired) electrons. The Morgan fingerprint density at radius 1 is 1.35 bits per heavy atom. The first kappa shape index (κ1) is 12.1. The van der Waals surface area contributed by atoms with Crippen LogP contribution in [0.1, 0.15) is 24.0 Å². The van der Waals surface area contributed by atoms with Gasteiger partial charge < -0.3 is 5.73 Å². The average molecular weight is 233 g/mol. The topological polar surface area (TPSA) is 59.6 Å². The minimum Gasteiger partial charge on any atom is -0.330 e.